The molecule has 1 atom stereocenters. The Morgan fingerprint density at radius 2 is 2.21 bits per heavy atom. The lowest BCUT2D eigenvalue weighted by atomic mass is 10.3. The van der Waals surface area contributed by atoms with Crippen molar-refractivity contribution in [3.05, 3.63) is 22.4 Å². The average molecular weight is 322 g/mol. The summed E-state index contributed by atoms with van der Waals surface area (Å²) >= 11 is 6.45. The zero-order valence-corrected chi connectivity index (χ0v) is 11.0. The predicted octanol–water partition coefficient (Wildman–Crippen LogP) is 2.87. The van der Waals surface area contributed by atoms with E-state index >= 15 is 0 Å². The summed E-state index contributed by atoms with van der Waals surface area (Å²) in [5.74, 6) is -0.0720. The first kappa shape index (κ1) is 11.7. The molecule has 1 aromatic rings. The number of anilines is 1. The fourth-order valence-corrected chi connectivity index (χ4v) is 1.41. The molecule has 0 bridgehead atoms. The fraction of sp³-hybridized carbons (Fsp3) is 0.333. The SMILES string of the molecule is Cc1nc(Br)ccc1NC(=O)C(C)Br. The van der Waals surface area contributed by atoms with Gasteiger partial charge in [0.05, 0.1) is 16.2 Å². The molecular formula is C9H10Br2N2O. The van der Waals surface area contributed by atoms with Crippen LogP contribution in [0.15, 0.2) is 16.7 Å². The number of pyridine rings is 1. The molecule has 1 heterocycles. The minimum Gasteiger partial charge on any atom is -0.324 e. The van der Waals surface area contributed by atoms with Gasteiger partial charge < -0.3 is 5.32 Å². The maximum Gasteiger partial charge on any atom is 0.237 e. The summed E-state index contributed by atoms with van der Waals surface area (Å²) in [6.07, 6.45) is 0. The second-order valence-corrected chi connectivity index (χ2v) is 5.06. The molecule has 0 radical (unpaired) electrons. The lowest BCUT2D eigenvalue weighted by Crippen LogP contribution is -2.20. The van der Waals surface area contributed by atoms with Crippen LogP contribution in [0.25, 0.3) is 0 Å². The van der Waals surface area contributed by atoms with E-state index in [1.807, 2.05) is 13.0 Å². The Kier molecular flexibility index (Phi) is 4.07. The third kappa shape index (κ3) is 3.06. The third-order valence-corrected chi connectivity index (χ3v) is 2.53. The van der Waals surface area contributed by atoms with Crippen LogP contribution in [-0.4, -0.2) is 15.7 Å². The lowest BCUT2D eigenvalue weighted by Gasteiger charge is -2.08. The number of hydrogen-bond acceptors (Lipinski definition) is 2. The number of carbonyl (C=O) groups is 1. The van der Waals surface area contributed by atoms with E-state index in [-0.39, 0.29) is 10.7 Å². The van der Waals surface area contributed by atoms with Gasteiger partial charge in [-0.25, -0.2) is 4.98 Å². The zero-order chi connectivity index (χ0) is 10.7. The van der Waals surface area contributed by atoms with Gasteiger partial charge in [-0.2, -0.15) is 0 Å². The predicted molar refractivity (Wildman–Crippen MR) is 63.7 cm³/mol. The van der Waals surface area contributed by atoms with E-state index in [0.717, 1.165) is 16.0 Å². The van der Waals surface area contributed by atoms with Crippen molar-refractivity contribution in [2.45, 2.75) is 18.7 Å². The first-order chi connectivity index (χ1) is 6.50. The van der Waals surface area contributed by atoms with Gasteiger partial charge >= 0.3 is 0 Å². The van der Waals surface area contributed by atoms with Crippen LogP contribution < -0.4 is 5.32 Å². The van der Waals surface area contributed by atoms with Gasteiger partial charge in [0, 0.05) is 0 Å². The molecule has 0 aliphatic heterocycles. The Hall–Kier alpha value is -0.420. The van der Waals surface area contributed by atoms with E-state index < -0.39 is 0 Å². The molecule has 1 rings (SSSR count). The number of nitrogens with zero attached hydrogens (tertiary/aromatic N) is 1. The van der Waals surface area contributed by atoms with Gasteiger partial charge in [-0.3, -0.25) is 4.79 Å². The highest BCUT2D eigenvalue weighted by Crippen LogP contribution is 2.16. The van der Waals surface area contributed by atoms with Crippen molar-refractivity contribution < 1.29 is 4.79 Å². The van der Waals surface area contributed by atoms with Gasteiger partial charge in [-0.05, 0) is 41.9 Å². The monoisotopic (exact) mass is 320 g/mol. The van der Waals surface area contributed by atoms with E-state index in [9.17, 15) is 4.79 Å². The summed E-state index contributed by atoms with van der Waals surface area (Å²) in [5.41, 5.74) is 1.53. The van der Waals surface area contributed by atoms with E-state index in [2.05, 4.69) is 42.2 Å². The fourth-order valence-electron chi connectivity index (χ4n) is 0.895. The number of alkyl halides is 1. The van der Waals surface area contributed by atoms with Gasteiger partial charge in [0.25, 0.3) is 0 Å². The van der Waals surface area contributed by atoms with E-state index in [1.54, 1.807) is 13.0 Å². The van der Waals surface area contributed by atoms with Crippen LogP contribution in [0.2, 0.25) is 0 Å². The van der Waals surface area contributed by atoms with Crippen LogP contribution in [0.1, 0.15) is 12.6 Å². The molecule has 0 aliphatic rings. The molecular weight excluding hydrogens is 312 g/mol. The van der Waals surface area contributed by atoms with Gasteiger partial charge in [0.1, 0.15) is 4.60 Å². The van der Waals surface area contributed by atoms with Crippen molar-refractivity contribution in [2.24, 2.45) is 0 Å². The average Bonchev–Trinajstić information content (AvgIpc) is 2.09. The first-order valence-electron chi connectivity index (χ1n) is 4.09. The van der Waals surface area contributed by atoms with E-state index in [0.29, 0.717) is 0 Å². The summed E-state index contributed by atoms with van der Waals surface area (Å²) in [5, 5.41) is 2.77. The molecule has 0 aliphatic carbocycles. The molecule has 0 aromatic carbocycles. The van der Waals surface area contributed by atoms with Crippen molar-refractivity contribution in [1.82, 2.24) is 4.98 Å². The van der Waals surface area contributed by atoms with E-state index in [4.69, 9.17) is 0 Å². The molecule has 1 aromatic heterocycles. The molecule has 5 heteroatoms. The smallest absolute Gasteiger partial charge is 0.237 e. The Bertz CT molecular complexity index is 353. The number of amides is 1. The Balaban J connectivity index is 2.82. The van der Waals surface area contributed by atoms with Crippen LogP contribution in [0, 0.1) is 6.92 Å². The highest BCUT2D eigenvalue weighted by atomic mass is 79.9. The topological polar surface area (TPSA) is 42.0 Å². The maximum atomic E-state index is 11.4. The number of rotatable bonds is 2. The van der Waals surface area contributed by atoms with Crippen molar-refractivity contribution in [3.8, 4) is 0 Å². The maximum absolute atomic E-state index is 11.4. The van der Waals surface area contributed by atoms with Gasteiger partial charge in [-0.1, -0.05) is 15.9 Å². The quantitative estimate of drug-likeness (QED) is 0.672. The summed E-state index contributed by atoms with van der Waals surface area (Å²) in [7, 11) is 0. The number of halogens is 2. The third-order valence-electron chi connectivity index (χ3n) is 1.67. The molecule has 0 fully saturated rings. The van der Waals surface area contributed by atoms with Crippen molar-refractivity contribution >= 4 is 43.5 Å². The molecule has 14 heavy (non-hydrogen) atoms. The molecule has 1 N–H and O–H groups in total. The number of aryl methyl sites for hydroxylation is 1. The Labute approximate surface area is 99.6 Å². The lowest BCUT2D eigenvalue weighted by molar-refractivity contribution is -0.115. The van der Waals surface area contributed by atoms with Crippen LogP contribution >= 0.6 is 31.9 Å². The van der Waals surface area contributed by atoms with E-state index in [1.165, 1.54) is 0 Å². The highest BCUT2D eigenvalue weighted by molar-refractivity contribution is 9.10. The van der Waals surface area contributed by atoms with Crippen LogP contribution in [0.5, 0.6) is 0 Å². The number of nitrogens with one attached hydrogen (secondary N) is 1. The standard InChI is InChI=1S/C9H10Br2N2O/c1-5(10)9(14)13-7-3-4-8(11)12-6(7)2/h3-5H,1-2H3,(H,13,14). The van der Waals surface area contributed by atoms with Crippen molar-refractivity contribution in [2.75, 3.05) is 5.32 Å². The zero-order valence-electron chi connectivity index (χ0n) is 7.84. The molecule has 0 saturated heterocycles. The molecule has 3 nitrogen and oxygen atoms in total. The minimum atomic E-state index is -0.203. The Morgan fingerprint density at radius 1 is 1.57 bits per heavy atom. The van der Waals surface area contributed by atoms with Gasteiger partial charge in [-0.15, -0.1) is 0 Å². The van der Waals surface area contributed by atoms with Crippen LogP contribution in [-0.2, 0) is 4.79 Å². The van der Waals surface area contributed by atoms with Gasteiger partial charge in [0.15, 0.2) is 0 Å². The highest BCUT2D eigenvalue weighted by Gasteiger charge is 2.10. The second-order valence-electron chi connectivity index (χ2n) is 2.87. The van der Waals surface area contributed by atoms with Crippen molar-refractivity contribution in [1.29, 1.82) is 0 Å². The number of hydrogen-bond donors (Lipinski definition) is 1. The number of aromatic nitrogens is 1. The molecule has 1 unspecified atom stereocenters. The summed E-state index contributed by atoms with van der Waals surface area (Å²) in [4.78, 5) is 15.3. The van der Waals surface area contributed by atoms with Crippen LogP contribution in [0.4, 0.5) is 5.69 Å². The molecule has 0 spiro atoms. The largest absolute Gasteiger partial charge is 0.324 e. The Morgan fingerprint density at radius 3 is 2.71 bits per heavy atom. The summed E-state index contributed by atoms with van der Waals surface area (Å²) in [6, 6.07) is 3.61. The minimum absolute atomic E-state index is 0.0720. The molecule has 1 amide bonds. The normalized spacial score (nSPS) is 12.3. The number of carbonyl (C=O) groups excluding carboxylic acids is 1. The van der Waals surface area contributed by atoms with Crippen LogP contribution in [0.3, 0.4) is 0 Å². The second kappa shape index (κ2) is 4.89. The first-order valence-corrected chi connectivity index (χ1v) is 5.79. The van der Waals surface area contributed by atoms with Crippen molar-refractivity contribution in [3.63, 3.8) is 0 Å². The van der Waals surface area contributed by atoms with Gasteiger partial charge in [0.2, 0.25) is 5.91 Å². The molecule has 0 saturated carbocycles. The summed E-state index contributed by atoms with van der Waals surface area (Å²) in [6.45, 7) is 3.62. The summed E-state index contributed by atoms with van der Waals surface area (Å²) < 4.78 is 0.764. The molecule has 76 valence electrons.